The molecule has 0 aliphatic heterocycles. The van der Waals surface area contributed by atoms with Gasteiger partial charge in [0.15, 0.2) is 0 Å². The zero-order valence-corrected chi connectivity index (χ0v) is 5.92. The van der Waals surface area contributed by atoms with E-state index in [1.807, 2.05) is 0 Å². The summed E-state index contributed by atoms with van der Waals surface area (Å²) in [5.41, 5.74) is 0. The van der Waals surface area contributed by atoms with Gasteiger partial charge < -0.3 is 0 Å². The van der Waals surface area contributed by atoms with Crippen molar-refractivity contribution in [3.8, 4) is 0 Å². The molecule has 0 radical (unpaired) electrons. The van der Waals surface area contributed by atoms with Crippen molar-refractivity contribution >= 4 is 0 Å². The van der Waals surface area contributed by atoms with Crippen LogP contribution in [0.3, 0.4) is 0 Å². The molecular weight excluding hydrogens is 110 g/mol. The van der Waals surface area contributed by atoms with Crippen LogP contribution in [0.4, 0.5) is 0 Å². The molecule has 0 aliphatic carbocycles. The molecule has 0 saturated heterocycles. The number of hydrogen-bond acceptors (Lipinski definition) is 1. The van der Waals surface area contributed by atoms with E-state index in [2.05, 4.69) is 13.8 Å². The Morgan fingerprint density at radius 1 is 1.67 bits per heavy atom. The monoisotopic (exact) mass is 121 g/mol. The van der Waals surface area contributed by atoms with Gasteiger partial charge in [-0.25, -0.2) is 0 Å². The van der Waals surface area contributed by atoms with Gasteiger partial charge >= 0.3 is 48.1 Å². The Balaban J connectivity index is 2.63. The molecule has 0 bridgehead atoms. The van der Waals surface area contributed by atoms with E-state index in [9.17, 15) is 0 Å². The Morgan fingerprint density at radius 2 is 2.17 bits per heavy atom. The first-order valence-corrected chi connectivity index (χ1v) is 4.21. The van der Waals surface area contributed by atoms with E-state index in [1.165, 1.54) is 4.73 Å². The van der Waals surface area contributed by atoms with Crippen LogP contribution in [0.15, 0.2) is 0 Å². The standard InChI is InChI=1S/C4H9.H2N.Ti/c1-4(2)3;;/h4H,1H2,2-3H3;1H2;/q;-1;+1. The van der Waals surface area contributed by atoms with Crippen molar-refractivity contribution < 1.29 is 19.4 Å². The Bertz CT molecular complexity index is 28.7. The molecule has 0 spiro atoms. The van der Waals surface area contributed by atoms with Crippen LogP contribution in [0, 0.1) is 5.92 Å². The third kappa shape index (κ3) is 4.67. The van der Waals surface area contributed by atoms with Gasteiger partial charge in [0, 0.05) is 0 Å². The second-order valence-electron chi connectivity index (χ2n) is 1.80. The first-order chi connectivity index (χ1) is 2.77. The van der Waals surface area contributed by atoms with E-state index in [1.54, 1.807) is 0 Å². The third-order valence-corrected chi connectivity index (χ3v) is 2.17. The van der Waals surface area contributed by atoms with Crippen LogP contribution in [-0.4, -0.2) is 0 Å². The van der Waals surface area contributed by atoms with Crippen LogP contribution >= 0.6 is 0 Å². The van der Waals surface area contributed by atoms with Crippen LogP contribution in [0.2, 0.25) is 4.73 Å². The molecule has 1 nitrogen and oxygen atoms in total. The number of nitrogens with two attached hydrogens (primary N) is 1. The van der Waals surface area contributed by atoms with Gasteiger partial charge in [0.1, 0.15) is 0 Å². The summed E-state index contributed by atoms with van der Waals surface area (Å²) in [6.07, 6.45) is 0. The van der Waals surface area contributed by atoms with E-state index in [4.69, 9.17) is 4.22 Å². The Hall–Kier alpha value is 0.674. The van der Waals surface area contributed by atoms with Gasteiger partial charge in [0.2, 0.25) is 0 Å². The van der Waals surface area contributed by atoms with E-state index in [0.717, 1.165) is 5.92 Å². The first kappa shape index (κ1) is 6.67. The summed E-state index contributed by atoms with van der Waals surface area (Å²) < 4.78 is 6.63. The van der Waals surface area contributed by atoms with Gasteiger partial charge in [-0.1, -0.05) is 0 Å². The first-order valence-electron chi connectivity index (χ1n) is 2.21. The molecule has 0 atom stereocenters. The molecule has 36 valence electrons. The SMILES string of the molecule is CC(C)[CH2][Ti][NH2]. The van der Waals surface area contributed by atoms with Crippen LogP contribution in [0.1, 0.15) is 13.8 Å². The Kier molecular flexibility index (Phi) is 4.28. The van der Waals surface area contributed by atoms with Crippen molar-refractivity contribution in [1.82, 2.24) is 0 Å². The van der Waals surface area contributed by atoms with Crippen molar-refractivity contribution in [2.24, 2.45) is 10.1 Å². The summed E-state index contributed by atoms with van der Waals surface area (Å²) >= 11 is -0.0370. The van der Waals surface area contributed by atoms with E-state index < -0.39 is 0 Å². The Labute approximate surface area is 48.5 Å². The number of rotatable bonds is 2. The van der Waals surface area contributed by atoms with Crippen LogP contribution in [0.25, 0.3) is 0 Å². The summed E-state index contributed by atoms with van der Waals surface area (Å²) in [5, 5.41) is 0. The number of hydrogen-bond donors (Lipinski definition) is 1. The van der Waals surface area contributed by atoms with Gasteiger partial charge in [-0.05, 0) is 0 Å². The maximum atomic E-state index is 5.35. The predicted molar refractivity (Wildman–Crippen MR) is 23.8 cm³/mol. The molecule has 0 aromatic heterocycles. The molecule has 0 heterocycles. The molecule has 2 N–H and O–H groups in total. The van der Waals surface area contributed by atoms with E-state index in [0.29, 0.717) is 0 Å². The molecular formula is C4H11NTi. The molecule has 0 aliphatic rings. The molecule has 0 aromatic rings. The molecule has 0 saturated carbocycles. The fraction of sp³-hybridized carbons (Fsp3) is 1.00. The van der Waals surface area contributed by atoms with E-state index in [-0.39, 0.29) is 19.4 Å². The minimum atomic E-state index is -0.0370. The molecule has 0 aromatic carbocycles. The second-order valence-corrected chi connectivity index (χ2v) is 3.08. The summed E-state index contributed by atoms with van der Waals surface area (Å²) in [5.74, 6) is 0.829. The molecule has 0 rings (SSSR count). The Morgan fingerprint density at radius 3 is 2.17 bits per heavy atom. The van der Waals surface area contributed by atoms with E-state index >= 15 is 0 Å². The van der Waals surface area contributed by atoms with Gasteiger partial charge in [-0.3, -0.25) is 0 Å². The van der Waals surface area contributed by atoms with Gasteiger partial charge in [-0.15, -0.1) is 0 Å². The van der Waals surface area contributed by atoms with Crippen molar-refractivity contribution in [3.63, 3.8) is 0 Å². The van der Waals surface area contributed by atoms with Gasteiger partial charge in [0.05, 0.1) is 0 Å². The van der Waals surface area contributed by atoms with Crippen LogP contribution < -0.4 is 4.22 Å². The van der Waals surface area contributed by atoms with Crippen molar-refractivity contribution in [1.29, 1.82) is 0 Å². The molecule has 6 heavy (non-hydrogen) atoms. The fourth-order valence-electron chi connectivity index (χ4n) is 0.236. The van der Waals surface area contributed by atoms with Crippen LogP contribution in [0.5, 0.6) is 0 Å². The molecule has 2 heteroatoms. The molecule has 0 fully saturated rings. The average Bonchev–Trinajstić information content (AvgIpc) is 1.35. The minimum absolute atomic E-state index is 0.0370. The second kappa shape index (κ2) is 3.85. The predicted octanol–water partition coefficient (Wildman–Crippen LogP) is 1.02. The average molecular weight is 121 g/mol. The third-order valence-electron chi connectivity index (χ3n) is 0.526. The summed E-state index contributed by atoms with van der Waals surface area (Å²) in [6, 6.07) is 0. The fourth-order valence-corrected chi connectivity index (χ4v) is 0.972. The van der Waals surface area contributed by atoms with Crippen molar-refractivity contribution in [3.05, 3.63) is 0 Å². The quantitative estimate of drug-likeness (QED) is 0.542. The molecule has 0 amide bonds. The zero-order chi connectivity index (χ0) is 4.99. The zero-order valence-electron chi connectivity index (χ0n) is 4.36. The van der Waals surface area contributed by atoms with Crippen molar-refractivity contribution in [2.45, 2.75) is 18.6 Å². The van der Waals surface area contributed by atoms with Crippen LogP contribution in [-0.2, 0) is 19.4 Å². The van der Waals surface area contributed by atoms with Crippen molar-refractivity contribution in [2.75, 3.05) is 0 Å². The maximum absolute atomic E-state index is 5.35. The van der Waals surface area contributed by atoms with Gasteiger partial charge in [-0.2, -0.15) is 0 Å². The normalized spacial score (nSPS) is 9.33. The topological polar surface area (TPSA) is 26.0 Å². The summed E-state index contributed by atoms with van der Waals surface area (Å²) in [4.78, 5) is 0. The van der Waals surface area contributed by atoms with Gasteiger partial charge in [0.25, 0.3) is 0 Å². The summed E-state index contributed by atoms with van der Waals surface area (Å²) in [6.45, 7) is 4.41. The molecule has 0 unspecified atom stereocenters. The summed E-state index contributed by atoms with van der Waals surface area (Å²) in [7, 11) is 0.